The molecule has 0 bridgehead atoms. The van der Waals surface area contributed by atoms with Gasteiger partial charge in [0, 0.05) is 27.9 Å². The van der Waals surface area contributed by atoms with Gasteiger partial charge >= 0.3 is 0 Å². The van der Waals surface area contributed by atoms with Gasteiger partial charge in [0.1, 0.15) is 29.0 Å². The average Bonchev–Trinajstić information content (AvgIpc) is 3.13. The second-order valence-corrected chi connectivity index (χ2v) is 9.33. The molecule has 0 radical (unpaired) electrons. The fourth-order valence-electron chi connectivity index (χ4n) is 3.66. The highest BCUT2D eigenvalue weighted by molar-refractivity contribution is 14.1. The maximum absolute atomic E-state index is 14.1. The maximum atomic E-state index is 14.1. The maximum Gasteiger partial charge on any atom is 0.240 e. The van der Waals surface area contributed by atoms with Gasteiger partial charge in [-0.05, 0) is 71.0 Å². The largest absolute Gasteiger partial charge is 0.340 e. The highest BCUT2D eigenvalue weighted by Crippen LogP contribution is 2.34. The molecule has 1 aliphatic heterocycles. The van der Waals surface area contributed by atoms with Crippen LogP contribution < -0.4 is 11.1 Å². The van der Waals surface area contributed by atoms with Crippen molar-refractivity contribution in [2.75, 3.05) is 11.9 Å². The molecule has 0 spiro atoms. The number of halogens is 3. The minimum Gasteiger partial charge on any atom is -0.340 e. The summed E-state index contributed by atoms with van der Waals surface area (Å²) in [5.41, 5.74) is 7.99. The molecule has 0 saturated heterocycles. The Morgan fingerprint density at radius 3 is 2.53 bits per heavy atom. The lowest BCUT2D eigenvalue weighted by Gasteiger charge is -2.31. The van der Waals surface area contributed by atoms with Gasteiger partial charge < -0.3 is 20.5 Å². The molecule has 0 unspecified atom stereocenters. The molecule has 0 saturated carbocycles. The second-order valence-electron chi connectivity index (χ2n) is 8.17. The predicted octanol–water partition coefficient (Wildman–Crippen LogP) is 4.50. The van der Waals surface area contributed by atoms with Crippen LogP contribution in [0.5, 0.6) is 0 Å². The first kappa shape index (κ1) is 22.7. The van der Waals surface area contributed by atoms with Crippen molar-refractivity contribution in [3.63, 3.8) is 0 Å². The number of rotatable bonds is 5. The molecule has 2 aromatic carbocycles. The van der Waals surface area contributed by atoms with Crippen LogP contribution in [0.25, 0.3) is 11.3 Å². The zero-order valence-corrected chi connectivity index (χ0v) is 19.9. The Labute approximate surface area is 199 Å². The minimum atomic E-state index is -0.569. The molecule has 3 aromatic rings. The van der Waals surface area contributed by atoms with Crippen LogP contribution in [0.1, 0.15) is 19.7 Å². The number of imidazole rings is 1. The molecule has 9 heteroatoms. The normalized spacial score (nSPS) is 14.4. The molecule has 0 aliphatic carbocycles. The summed E-state index contributed by atoms with van der Waals surface area (Å²) >= 11 is 1.94. The van der Waals surface area contributed by atoms with E-state index >= 15 is 0 Å². The van der Waals surface area contributed by atoms with Crippen molar-refractivity contribution in [3.05, 3.63) is 63.5 Å². The van der Waals surface area contributed by atoms with E-state index in [4.69, 9.17) is 10.7 Å². The molecule has 0 fully saturated rings. The Bertz CT molecular complexity index is 1150. The average molecular weight is 551 g/mol. The Hall–Kier alpha value is -2.53. The lowest BCUT2D eigenvalue weighted by molar-refractivity contribution is -0.135. The molecule has 32 heavy (non-hydrogen) atoms. The summed E-state index contributed by atoms with van der Waals surface area (Å²) in [7, 11) is 0. The van der Waals surface area contributed by atoms with Crippen molar-refractivity contribution in [2.24, 2.45) is 11.7 Å². The Morgan fingerprint density at radius 2 is 1.88 bits per heavy atom. The van der Waals surface area contributed by atoms with E-state index < -0.39 is 6.04 Å². The summed E-state index contributed by atoms with van der Waals surface area (Å²) in [6, 6.07) is 10.4. The van der Waals surface area contributed by atoms with Gasteiger partial charge in [-0.1, -0.05) is 13.8 Å². The topological polar surface area (TPSA) is 76.2 Å². The van der Waals surface area contributed by atoms with Crippen LogP contribution >= 0.6 is 22.6 Å². The summed E-state index contributed by atoms with van der Waals surface area (Å²) in [6.07, 6.45) is 0. The Morgan fingerprint density at radius 1 is 1.16 bits per heavy atom. The van der Waals surface area contributed by atoms with Crippen LogP contribution in [0.4, 0.5) is 20.3 Å². The van der Waals surface area contributed by atoms with E-state index in [0.717, 1.165) is 5.56 Å². The van der Waals surface area contributed by atoms with Gasteiger partial charge in [0.15, 0.2) is 0 Å². The highest BCUT2D eigenvalue weighted by Gasteiger charge is 2.30. The number of carbonyl (C=O) groups is 1. The molecule has 1 aliphatic rings. The minimum absolute atomic E-state index is 0.0342. The molecule has 3 N–H and O–H groups in total. The third kappa shape index (κ3) is 4.49. The van der Waals surface area contributed by atoms with E-state index in [1.807, 2.05) is 41.0 Å². The first-order chi connectivity index (χ1) is 15.2. The lowest BCUT2D eigenvalue weighted by Crippen LogP contribution is -2.49. The number of nitrogens with zero attached hydrogens (tertiary/aromatic N) is 3. The third-order valence-corrected chi connectivity index (χ3v) is 6.46. The van der Waals surface area contributed by atoms with Crippen LogP contribution in [0.2, 0.25) is 0 Å². The van der Waals surface area contributed by atoms with Crippen molar-refractivity contribution >= 4 is 40.0 Å². The van der Waals surface area contributed by atoms with Gasteiger partial charge in [0.25, 0.3) is 0 Å². The molecule has 2 heterocycles. The first-order valence-corrected chi connectivity index (χ1v) is 11.4. The Balaban J connectivity index is 1.72. The van der Waals surface area contributed by atoms with Crippen LogP contribution in [0.15, 0.2) is 42.5 Å². The van der Waals surface area contributed by atoms with Crippen LogP contribution in [0.3, 0.4) is 0 Å². The van der Waals surface area contributed by atoms with E-state index in [1.54, 1.807) is 29.2 Å². The molecular weight excluding hydrogens is 527 g/mol. The zero-order chi connectivity index (χ0) is 23.0. The van der Waals surface area contributed by atoms with E-state index in [9.17, 15) is 13.6 Å². The SMILES string of the molecule is CC(C)[C@@H](N)C(=O)N1CCn2c(nc(-c3ccc(F)cc3)c2Nc2ccc(I)c(F)c2)C1. The van der Waals surface area contributed by atoms with Gasteiger partial charge in [-0.2, -0.15) is 0 Å². The monoisotopic (exact) mass is 551 g/mol. The molecule has 6 nitrogen and oxygen atoms in total. The molecule has 168 valence electrons. The van der Waals surface area contributed by atoms with E-state index in [2.05, 4.69) is 5.32 Å². The summed E-state index contributed by atoms with van der Waals surface area (Å²) in [5.74, 6) is 0.628. The number of hydrogen-bond donors (Lipinski definition) is 2. The van der Waals surface area contributed by atoms with Gasteiger partial charge in [-0.3, -0.25) is 4.79 Å². The fraction of sp³-hybridized carbons (Fsp3) is 0.304. The molecule has 1 amide bonds. The summed E-state index contributed by atoms with van der Waals surface area (Å²) < 4.78 is 30.1. The van der Waals surface area contributed by atoms with Crippen LogP contribution in [-0.4, -0.2) is 32.9 Å². The molecule has 4 rings (SSSR count). The third-order valence-electron chi connectivity index (χ3n) is 5.59. The number of aromatic nitrogens is 2. The first-order valence-electron chi connectivity index (χ1n) is 10.4. The van der Waals surface area contributed by atoms with Crippen LogP contribution in [-0.2, 0) is 17.9 Å². The summed E-state index contributed by atoms with van der Waals surface area (Å²) in [6.45, 7) is 5.15. The fourth-order valence-corrected chi connectivity index (χ4v) is 4.00. The van der Waals surface area contributed by atoms with Gasteiger partial charge in [-0.15, -0.1) is 0 Å². The lowest BCUT2D eigenvalue weighted by atomic mass is 10.0. The van der Waals surface area contributed by atoms with Crippen molar-refractivity contribution in [3.8, 4) is 11.3 Å². The van der Waals surface area contributed by atoms with Gasteiger partial charge in [-0.25, -0.2) is 13.8 Å². The number of hydrogen-bond acceptors (Lipinski definition) is 4. The molecular formula is C23H24F2IN5O. The zero-order valence-electron chi connectivity index (χ0n) is 17.8. The van der Waals surface area contributed by atoms with Crippen molar-refractivity contribution < 1.29 is 13.6 Å². The predicted molar refractivity (Wildman–Crippen MR) is 128 cm³/mol. The molecule has 1 atom stereocenters. The van der Waals surface area contributed by atoms with E-state index in [0.29, 0.717) is 46.2 Å². The number of fused-ring (bicyclic) bond motifs is 1. The number of anilines is 2. The number of nitrogens with one attached hydrogen (secondary N) is 1. The number of carbonyl (C=O) groups excluding carboxylic acids is 1. The van der Waals surface area contributed by atoms with E-state index in [-0.39, 0.29) is 23.5 Å². The Kier molecular flexibility index (Phi) is 6.47. The number of amides is 1. The molecule has 1 aromatic heterocycles. The van der Waals surface area contributed by atoms with Gasteiger partial charge in [0.2, 0.25) is 5.91 Å². The standard InChI is InChI=1S/C23H24F2IN5O/c1-13(2)20(27)23(32)30-9-10-31-19(12-30)29-21(14-3-5-15(24)6-4-14)22(31)28-16-7-8-18(26)17(25)11-16/h3-8,11,13,20,28H,9-10,12,27H2,1-2H3/t20-/m1/s1. The van der Waals surface area contributed by atoms with Crippen molar-refractivity contribution in [1.82, 2.24) is 14.5 Å². The van der Waals surface area contributed by atoms with E-state index in [1.165, 1.54) is 18.2 Å². The second kappa shape index (κ2) is 9.14. The summed E-state index contributed by atoms with van der Waals surface area (Å²) in [5, 5.41) is 3.28. The number of nitrogens with two attached hydrogens (primary N) is 1. The van der Waals surface area contributed by atoms with Gasteiger partial charge in [0.05, 0.1) is 12.6 Å². The highest BCUT2D eigenvalue weighted by atomic mass is 127. The summed E-state index contributed by atoms with van der Waals surface area (Å²) in [4.78, 5) is 19.3. The van der Waals surface area contributed by atoms with Crippen molar-refractivity contribution in [2.45, 2.75) is 33.0 Å². The quantitative estimate of drug-likeness (QED) is 0.458. The van der Waals surface area contributed by atoms with Crippen LogP contribution in [0, 0.1) is 21.1 Å². The van der Waals surface area contributed by atoms with Crippen molar-refractivity contribution in [1.29, 1.82) is 0 Å². The number of benzene rings is 2. The smallest absolute Gasteiger partial charge is 0.240 e.